The zero-order valence-corrected chi connectivity index (χ0v) is 22.0. The van der Waals surface area contributed by atoms with Gasteiger partial charge >= 0.3 is 11.9 Å². The molecule has 16 heteroatoms. The first-order chi connectivity index (χ1) is 16.9. The van der Waals surface area contributed by atoms with E-state index in [2.05, 4.69) is 20.9 Å². The van der Waals surface area contributed by atoms with Crippen molar-refractivity contribution in [3.05, 3.63) is 0 Å². The number of nitrogens with two attached hydrogens (primary N) is 3. The summed E-state index contributed by atoms with van der Waals surface area (Å²) in [6.45, 7) is 0.201. The highest BCUT2D eigenvalue weighted by atomic mass is 32.2. The van der Waals surface area contributed by atoms with Gasteiger partial charge in [-0.3, -0.25) is 24.2 Å². The molecule has 0 aromatic heterocycles. The quantitative estimate of drug-likeness (QED) is 0.0487. The Morgan fingerprint density at radius 3 is 1.81 bits per heavy atom. The Morgan fingerprint density at radius 2 is 1.31 bits per heavy atom. The normalized spacial score (nSPS) is 14.0. The third-order valence-corrected chi connectivity index (χ3v) is 6.07. The largest absolute Gasteiger partial charge is 0.481 e. The van der Waals surface area contributed by atoms with Crippen molar-refractivity contribution >= 4 is 59.1 Å². The summed E-state index contributed by atoms with van der Waals surface area (Å²) in [6.07, 6.45) is 3.82. The van der Waals surface area contributed by atoms with Crippen LogP contribution in [0, 0.1) is 0 Å². The van der Waals surface area contributed by atoms with Crippen molar-refractivity contribution in [1.29, 1.82) is 0 Å². The van der Waals surface area contributed by atoms with Crippen molar-refractivity contribution in [2.45, 2.75) is 56.3 Å². The number of carbonyl (C=O) groups excluding carboxylic acids is 3. The van der Waals surface area contributed by atoms with Gasteiger partial charge in [-0.05, 0) is 49.7 Å². The van der Waals surface area contributed by atoms with E-state index in [-0.39, 0.29) is 25.3 Å². The summed E-state index contributed by atoms with van der Waals surface area (Å²) < 4.78 is 0. The van der Waals surface area contributed by atoms with Gasteiger partial charge in [0.25, 0.3) is 0 Å². The van der Waals surface area contributed by atoms with Crippen LogP contribution in [0.1, 0.15) is 32.1 Å². The third kappa shape index (κ3) is 14.6. The summed E-state index contributed by atoms with van der Waals surface area (Å²) in [5.41, 5.74) is 16.5. The first-order valence-electron chi connectivity index (χ1n) is 11.1. The minimum atomic E-state index is -1.67. The number of aliphatic imine (C=N–C) groups is 1. The van der Waals surface area contributed by atoms with Gasteiger partial charge in [-0.15, -0.1) is 0 Å². The van der Waals surface area contributed by atoms with Gasteiger partial charge in [0.1, 0.15) is 18.1 Å². The maximum Gasteiger partial charge on any atom is 0.326 e. The lowest BCUT2D eigenvalue weighted by molar-refractivity contribution is -0.147. The van der Waals surface area contributed by atoms with E-state index in [0.717, 1.165) is 0 Å². The summed E-state index contributed by atoms with van der Waals surface area (Å²) in [7, 11) is 0. The second-order valence-electron chi connectivity index (χ2n) is 7.74. The monoisotopic (exact) mass is 551 g/mol. The van der Waals surface area contributed by atoms with Crippen molar-refractivity contribution in [3.63, 3.8) is 0 Å². The van der Waals surface area contributed by atoms with Crippen molar-refractivity contribution < 1.29 is 34.2 Å². The maximum atomic E-state index is 13.1. The smallest absolute Gasteiger partial charge is 0.326 e. The molecule has 4 unspecified atom stereocenters. The Balaban J connectivity index is 5.55. The average Bonchev–Trinajstić information content (AvgIpc) is 2.80. The van der Waals surface area contributed by atoms with Crippen LogP contribution in [0.2, 0.25) is 0 Å². The fourth-order valence-electron chi connectivity index (χ4n) is 2.85. The molecule has 0 aliphatic heterocycles. The first kappa shape index (κ1) is 33.3. The molecule has 0 aromatic carbocycles. The number of carboxylic acid groups (broad SMARTS) is 2. The summed E-state index contributed by atoms with van der Waals surface area (Å²) in [5, 5.41) is 25.4. The molecule has 206 valence electrons. The van der Waals surface area contributed by atoms with E-state index >= 15 is 0 Å². The van der Waals surface area contributed by atoms with Gasteiger partial charge in [0, 0.05) is 6.54 Å². The average molecular weight is 552 g/mol. The Hall–Kier alpha value is -2.72. The van der Waals surface area contributed by atoms with Crippen molar-refractivity contribution in [3.8, 4) is 0 Å². The molecular weight excluding hydrogens is 514 g/mol. The fourth-order valence-corrected chi connectivity index (χ4v) is 3.81. The summed E-state index contributed by atoms with van der Waals surface area (Å²) in [4.78, 5) is 64.4. The molecule has 14 nitrogen and oxygen atoms in total. The number of nitrogens with zero attached hydrogens (tertiary/aromatic N) is 1. The number of carbonyl (C=O) groups is 5. The van der Waals surface area contributed by atoms with Gasteiger partial charge in [-0.2, -0.15) is 23.5 Å². The number of hydrogen-bond acceptors (Lipinski definition) is 9. The van der Waals surface area contributed by atoms with Crippen LogP contribution >= 0.6 is 23.5 Å². The molecule has 0 fully saturated rings. The van der Waals surface area contributed by atoms with E-state index in [1.54, 1.807) is 6.26 Å². The number of amides is 3. The van der Waals surface area contributed by atoms with E-state index in [0.29, 0.717) is 24.3 Å². The second-order valence-corrected chi connectivity index (χ2v) is 9.71. The highest BCUT2D eigenvalue weighted by Gasteiger charge is 2.30. The topological polar surface area (TPSA) is 252 Å². The standard InChI is InChI=1S/C20H37N7O7S2/c1-35-8-5-11(21)16(30)25-12(4-3-7-24-20(22)23)17(31)26-13(6-9-36-2)18(32)27-14(19(33)34)10-15(28)29/h11-14H,3-10,21H2,1-2H3,(H,25,30)(H,26,31)(H,27,32)(H,28,29)(H,33,34)(H4,22,23,24). The number of nitrogens with one attached hydrogen (secondary N) is 3. The summed E-state index contributed by atoms with van der Waals surface area (Å²) >= 11 is 2.91. The van der Waals surface area contributed by atoms with Gasteiger partial charge in [-0.25, -0.2) is 4.79 Å². The Morgan fingerprint density at radius 1 is 0.806 bits per heavy atom. The summed E-state index contributed by atoms with van der Waals surface area (Å²) in [6, 6.07) is -4.74. The summed E-state index contributed by atoms with van der Waals surface area (Å²) in [5.74, 6) is -4.04. The van der Waals surface area contributed by atoms with Gasteiger partial charge < -0.3 is 43.4 Å². The van der Waals surface area contributed by atoms with Crippen LogP contribution in [-0.4, -0.2) is 101 Å². The number of hydrogen-bond donors (Lipinski definition) is 8. The molecule has 0 heterocycles. The van der Waals surface area contributed by atoms with E-state index < -0.39 is 60.2 Å². The van der Waals surface area contributed by atoms with Gasteiger partial charge in [0.2, 0.25) is 17.7 Å². The molecule has 4 atom stereocenters. The number of guanidine groups is 1. The highest BCUT2D eigenvalue weighted by molar-refractivity contribution is 7.98. The van der Waals surface area contributed by atoms with Gasteiger partial charge in [-0.1, -0.05) is 0 Å². The molecule has 0 radical (unpaired) electrons. The fraction of sp³-hybridized carbons (Fsp3) is 0.700. The lowest BCUT2D eigenvalue weighted by Gasteiger charge is -2.25. The molecule has 0 saturated carbocycles. The first-order valence-corrected chi connectivity index (χ1v) is 13.9. The SMILES string of the molecule is CSCCC(N)C(=O)NC(CCCN=C(N)N)C(=O)NC(CCSC)C(=O)NC(CC(=O)O)C(=O)O. The van der Waals surface area contributed by atoms with E-state index in [9.17, 15) is 29.1 Å². The molecule has 11 N–H and O–H groups in total. The Kier molecular flexibility index (Phi) is 17.1. The molecule has 36 heavy (non-hydrogen) atoms. The number of thioether (sulfide) groups is 2. The van der Waals surface area contributed by atoms with E-state index in [1.165, 1.54) is 23.5 Å². The van der Waals surface area contributed by atoms with E-state index in [1.807, 2.05) is 6.26 Å². The molecular formula is C20H37N7O7S2. The molecule has 0 aliphatic carbocycles. The van der Waals surface area contributed by atoms with Crippen molar-refractivity contribution in [2.24, 2.45) is 22.2 Å². The van der Waals surface area contributed by atoms with E-state index in [4.69, 9.17) is 22.3 Å². The number of aliphatic carboxylic acids is 2. The van der Waals surface area contributed by atoms with Crippen LogP contribution in [0.25, 0.3) is 0 Å². The lowest BCUT2D eigenvalue weighted by atomic mass is 10.1. The maximum absolute atomic E-state index is 13.1. The van der Waals surface area contributed by atoms with Gasteiger partial charge in [0.15, 0.2) is 5.96 Å². The highest BCUT2D eigenvalue weighted by Crippen LogP contribution is 2.07. The molecule has 0 bridgehead atoms. The van der Waals surface area contributed by atoms with Crippen LogP contribution in [0.3, 0.4) is 0 Å². The van der Waals surface area contributed by atoms with Crippen molar-refractivity contribution in [1.82, 2.24) is 16.0 Å². The molecule has 0 rings (SSSR count). The van der Waals surface area contributed by atoms with Crippen molar-refractivity contribution in [2.75, 3.05) is 30.6 Å². The van der Waals surface area contributed by atoms with Crippen LogP contribution in [-0.2, 0) is 24.0 Å². The van der Waals surface area contributed by atoms with Crippen LogP contribution in [0.4, 0.5) is 0 Å². The van der Waals surface area contributed by atoms with Crippen LogP contribution in [0.15, 0.2) is 4.99 Å². The Bertz CT molecular complexity index is 782. The number of rotatable bonds is 19. The predicted molar refractivity (Wildman–Crippen MR) is 140 cm³/mol. The van der Waals surface area contributed by atoms with Crippen LogP contribution < -0.4 is 33.2 Å². The van der Waals surface area contributed by atoms with Crippen LogP contribution in [0.5, 0.6) is 0 Å². The molecule has 0 saturated heterocycles. The number of carboxylic acids is 2. The Labute approximate surface area is 218 Å². The predicted octanol–water partition coefficient (Wildman–Crippen LogP) is -2.11. The minimum Gasteiger partial charge on any atom is -0.481 e. The zero-order valence-electron chi connectivity index (χ0n) is 20.4. The zero-order chi connectivity index (χ0) is 27.7. The third-order valence-electron chi connectivity index (χ3n) is 4.78. The van der Waals surface area contributed by atoms with Gasteiger partial charge in [0.05, 0.1) is 12.5 Å². The second kappa shape index (κ2) is 18.5. The molecule has 0 aliphatic rings. The molecule has 0 spiro atoms. The minimum absolute atomic E-state index is 0.123. The molecule has 3 amide bonds. The molecule has 0 aromatic rings. The lowest BCUT2D eigenvalue weighted by Crippen LogP contribution is -2.57.